The summed E-state index contributed by atoms with van der Waals surface area (Å²) in [7, 11) is 0. The van der Waals surface area contributed by atoms with E-state index in [-0.39, 0.29) is 5.78 Å². The number of fused-ring (bicyclic) bond motifs is 1. The molecule has 126 valence electrons. The van der Waals surface area contributed by atoms with Crippen LogP contribution in [0.15, 0.2) is 79.4 Å². The largest absolute Gasteiger partial charge is 0.289 e. The maximum Gasteiger partial charge on any atom is 0.186 e. The zero-order valence-corrected chi connectivity index (χ0v) is 14.3. The van der Waals surface area contributed by atoms with Gasteiger partial charge in [-0.1, -0.05) is 54.6 Å². The fourth-order valence-corrected chi connectivity index (χ4v) is 3.07. The van der Waals surface area contributed by atoms with Crippen molar-refractivity contribution < 1.29 is 4.79 Å². The number of aryl methyl sites for hydroxylation is 1. The van der Waals surface area contributed by atoms with E-state index in [2.05, 4.69) is 10.1 Å². The smallest absolute Gasteiger partial charge is 0.186 e. The molecule has 1 heterocycles. The van der Waals surface area contributed by atoms with Crippen LogP contribution in [0.1, 0.15) is 21.5 Å². The maximum atomic E-state index is 12.7. The third-order valence-electron chi connectivity index (χ3n) is 4.37. The minimum Gasteiger partial charge on any atom is -0.289 e. The minimum atomic E-state index is -0.000180. The highest BCUT2D eigenvalue weighted by atomic mass is 16.1. The number of allylic oxidation sites excluding steroid dienone is 1. The van der Waals surface area contributed by atoms with E-state index in [1.165, 1.54) is 6.33 Å². The van der Waals surface area contributed by atoms with Gasteiger partial charge in [-0.25, -0.2) is 9.67 Å². The van der Waals surface area contributed by atoms with Gasteiger partial charge in [-0.2, -0.15) is 5.10 Å². The summed E-state index contributed by atoms with van der Waals surface area (Å²) >= 11 is 0. The van der Waals surface area contributed by atoms with E-state index in [0.29, 0.717) is 0 Å². The van der Waals surface area contributed by atoms with Crippen molar-refractivity contribution in [3.8, 4) is 5.69 Å². The molecule has 0 amide bonds. The number of carbonyl (C=O) groups is 1. The molecule has 4 aromatic rings. The predicted molar refractivity (Wildman–Crippen MR) is 103 cm³/mol. The fourth-order valence-electron chi connectivity index (χ4n) is 3.07. The first-order chi connectivity index (χ1) is 12.7. The van der Waals surface area contributed by atoms with E-state index in [4.69, 9.17) is 0 Å². The number of hydrogen-bond acceptors (Lipinski definition) is 3. The number of nitrogens with zero attached hydrogens (tertiary/aromatic N) is 3. The van der Waals surface area contributed by atoms with Crippen molar-refractivity contribution in [2.75, 3.05) is 0 Å². The number of carbonyl (C=O) groups excluding carboxylic acids is 1. The second-order valence-corrected chi connectivity index (χ2v) is 6.11. The van der Waals surface area contributed by atoms with Gasteiger partial charge in [-0.3, -0.25) is 4.79 Å². The summed E-state index contributed by atoms with van der Waals surface area (Å²) in [5.41, 5.74) is 3.73. The van der Waals surface area contributed by atoms with E-state index in [0.717, 1.165) is 33.2 Å². The van der Waals surface area contributed by atoms with Crippen molar-refractivity contribution in [3.63, 3.8) is 0 Å². The topological polar surface area (TPSA) is 47.8 Å². The molecule has 3 aromatic carbocycles. The lowest BCUT2D eigenvalue weighted by atomic mass is 10.0. The van der Waals surface area contributed by atoms with Gasteiger partial charge in [0.25, 0.3) is 0 Å². The van der Waals surface area contributed by atoms with Crippen molar-refractivity contribution in [1.29, 1.82) is 0 Å². The lowest BCUT2D eigenvalue weighted by Gasteiger charge is -2.06. The normalized spacial score (nSPS) is 11.3. The SMILES string of the molecule is Cc1cc(/C=C/C(=O)c2cccc3ccccc23)ccc1-n1cncn1. The molecule has 0 bridgehead atoms. The summed E-state index contributed by atoms with van der Waals surface area (Å²) in [6.45, 7) is 2.01. The van der Waals surface area contributed by atoms with Crippen molar-refractivity contribution in [2.45, 2.75) is 6.92 Å². The summed E-state index contributed by atoms with van der Waals surface area (Å²) in [6, 6.07) is 19.7. The van der Waals surface area contributed by atoms with Gasteiger partial charge in [0, 0.05) is 5.56 Å². The number of aromatic nitrogens is 3. The summed E-state index contributed by atoms with van der Waals surface area (Å²) < 4.78 is 1.73. The van der Waals surface area contributed by atoms with E-state index in [1.54, 1.807) is 17.1 Å². The van der Waals surface area contributed by atoms with Gasteiger partial charge < -0.3 is 0 Å². The molecule has 4 rings (SSSR count). The molecule has 0 fully saturated rings. The van der Waals surface area contributed by atoms with Crippen LogP contribution in [0.3, 0.4) is 0 Å². The van der Waals surface area contributed by atoms with Gasteiger partial charge in [-0.05, 0) is 47.0 Å². The van der Waals surface area contributed by atoms with Crippen LogP contribution in [0.4, 0.5) is 0 Å². The van der Waals surface area contributed by atoms with Crippen LogP contribution in [0.2, 0.25) is 0 Å². The Balaban J connectivity index is 1.61. The Labute approximate surface area is 151 Å². The fraction of sp³-hybridized carbons (Fsp3) is 0.0455. The average molecular weight is 339 g/mol. The minimum absolute atomic E-state index is 0.000180. The molecule has 26 heavy (non-hydrogen) atoms. The molecule has 4 heteroatoms. The first kappa shape index (κ1) is 16.0. The molecule has 0 unspecified atom stereocenters. The molecule has 0 atom stereocenters. The molecule has 0 aliphatic carbocycles. The first-order valence-electron chi connectivity index (χ1n) is 8.38. The number of benzene rings is 3. The molecule has 4 nitrogen and oxygen atoms in total. The van der Waals surface area contributed by atoms with Crippen LogP contribution in [0, 0.1) is 6.92 Å². The van der Waals surface area contributed by atoms with Gasteiger partial charge in [0.05, 0.1) is 5.69 Å². The third kappa shape index (κ3) is 3.05. The number of rotatable bonds is 4. The predicted octanol–water partition coefficient (Wildman–Crippen LogP) is 4.63. The van der Waals surface area contributed by atoms with Gasteiger partial charge >= 0.3 is 0 Å². The zero-order chi connectivity index (χ0) is 17.9. The second kappa shape index (κ2) is 6.76. The third-order valence-corrected chi connectivity index (χ3v) is 4.37. The van der Waals surface area contributed by atoms with Crippen molar-refractivity contribution >= 4 is 22.6 Å². The van der Waals surface area contributed by atoms with Gasteiger partial charge in [0.1, 0.15) is 12.7 Å². The molecule has 1 aromatic heterocycles. The molecular weight excluding hydrogens is 322 g/mol. The van der Waals surface area contributed by atoms with Crippen molar-refractivity contribution in [3.05, 3.63) is 96.1 Å². The van der Waals surface area contributed by atoms with Crippen LogP contribution in [0.25, 0.3) is 22.5 Å². The molecular formula is C22H17N3O. The Morgan fingerprint density at radius 2 is 1.88 bits per heavy atom. The Morgan fingerprint density at radius 3 is 2.69 bits per heavy atom. The van der Waals surface area contributed by atoms with Gasteiger partial charge in [0.15, 0.2) is 5.78 Å². The lowest BCUT2D eigenvalue weighted by molar-refractivity contribution is 0.104. The Morgan fingerprint density at radius 1 is 1.04 bits per heavy atom. The van der Waals surface area contributed by atoms with Gasteiger partial charge in [-0.15, -0.1) is 0 Å². The quantitative estimate of drug-likeness (QED) is 0.402. The lowest BCUT2D eigenvalue weighted by Crippen LogP contribution is -1.98. The highest BCUT2D eigenvalue weighted by molar-refractivity contribution is 6.14. The van der Waals surface area contributed by atoms with E-state index >= 15 is 0 Å². The summed E-state index contributed by atoms with van der Waals surface area (Å²) in [5.74, 6) is -0.000180. The number of ketones is 1. The van der Waals surface area contributed by atoms with Crippen molar-refractivity contribution in [1.82, 2.24) is 14.8 Å². The van der Waals surface area contributed by atoms with E-state index in [9.17, 15) is 4.79 Å². The van der Waals surface area contributed by atoms with Crippen LogP contribution in [0.5, 0.6) is 0 Å². The molecule has 0 aliphatic heterocycles. The van der Waals surface area contributed by atoms with Crippen LogP contribution in [-0.4, -0.2) is 20.5 Å². The first-order valence-corrected chi connectivity index (χ1v) is 8.38. The second-order valence-electron chi connectivity index (χ2n) is 6.11. The van der Waals surface area contributed by atoms with Crippen LogP contribution >= 0.6 is 0 Å². The molecule has 0 radical (unpaired) electrons. The summed E-state index contributed by atoms with van der Waals surface area (Å²) in [5, 5.41) is 6.20. The molecule has 0 saturated heterocycles. The molecule has 0 N–H and O–H groups in total. The highest BCUT2D eigenvalue weighted by Gasteiger charge is 2.07. The molecule has 0 spiro atoms. The zero-order valence-electron chi connectivity index (χ0n) is 14.3. The maximum absolute atomic E-state index is 12.7. The molecule has 0 aliphatic rings. The Kier molecular flexibility index (Phi) is 4.15. The highest BCUT2D eigenvalue weighted by Crippen LogP contribution is 2.20. The van der Waals surface area contributed by atoms with Crippen molar-refractivity contribution in [2.24, 2.45) is 0 Å². The summed E-state index contributed by atoms with van der Waals surface area (Å²) in [6.07, 6.45) is 6.66. The number of hydrogen-bond donors (Lipinski definition) is 0. The van der Waals surface area contributed by atoms with Gasteiger partial charge in [0.2, 0.25) is 0 Å². The molecule has 0 saturated carbocycles. The van der Waals surface area contributed by atoms with Crippen LogP contribution in [-0.2, 0) is 0 Å². The summed E-state index contributed by atoms with van der Waals surface area (Å²) in [4.78, 5) is 16.6. The Hall–Kier alpha value is -3.53. The Bertz CT molecular complexity index is 1110. The average Bonchev–Trinajstić information content (AvgIpc) is 3.20. The van der Waals surface area contributed by atoms with E-state index in [1.807, 2.05) is 73.7 Å². The standard InChI is InChI=1S/C22H17N3O/c1-16-13-17(9-11-21(16)25-15-23-14-24-25)10-12-22(26)20-8-4-6-18-5-2-3-7-19(18)20/h2-15H,1H3/b12-10+. The van der Waals surface area contributed by atoms with E-state index < -0.39 is 0 Å². The van der Waals surface area contributed by atoms with Crippen LogP contribution < -0.4 is 0 Å². The monoisotopic (exact) mass is 339 g/mol.